The Labute approximate surface area is 205 Å². The van der Waals surface area contributed by atoms with Gasteiger partial charge >= 0.3 is 0 Å². The Hall–Kier alpha value is -2.53. The van der Waals surface area contributed by atoms with Gasteiger partial charge in [-0.2, -0.15) is 0 Å². The van der Waals surface area contributed by atoms with Gasteiger partial charge in [0.2, 0.25) is 10.0 Å². The molecule has 4 rings (SSSR count). The first kappa shape index (κ1) is 24.6. The van der Waals surface area contributed by atoms with Crippen molar-refractivity contribution in [2.75, 3.05) is 57.0 Å². The number of benzene rings is 2. The highest BCUT2D eigenvalue weighted by Crippen LogP contribution is 2.31. The summed E-state index contributed by atoms with van der Waals surface area (Å²) < 4.78 is 27.7. The molecule has 0 radical (unpaired) electrons. The lowest BCUT2D eigenvalue weighted by atomic mass is 10.2. The number of amides is 1. The average Bonchev–Trinajstić information content (AvgIpc) is 3.26. The molecule has 0 atom stereocenters. The van der Waals surface area contributed by atoms with E-state index in [4.69, 9.17) is 4.98 Å². The van der Waals surface area contributed by atoms with E-state index in [0.717, 1.165) is 54.4 Å². The molecule has 1 aliphatic rings. The Morgan fingerprint density at radius 2 is 1.82 bits per heavy atom. The zero-order chi connectivity index (χ0) is 24.3. The van der Waals surface area contributed by atoms with Crippen molar-refractivity contribution in [2.45, 2.75) is 24.7 Å². The van der Waals surface area contributed by atoms with Crippen LogP contribution in [-0.2, 0) is 10.0 Å². The third kappa shape index (κ3) is 5.41. The van der Waals surface area contributed by atoms with E-state index in [1.54, 1.807) is 30.5 Å². The first-order valence-corrected chi connectivity index (χ1v) is 13.8. The number of rotatable bonds is 8. The summed E-state index contributed by atoms with van der Waals surface area (Å²) in [4.78, 5) is 22.3. The van der Waals surface area contributed by atoms with Crippen molar-refractivity contribution in [3.63, 3.8) is 0 Å². The van der Waals surface area contributed by atoms with Crippen molar-refractivity contribution >= 4 is 48.3 Å². The Kier molecular flexibility index (Phi) is 7.51. The van der Waals surface area contributed by atoms with Crippen LogP contribution in [0.1, 0.15) is 30.1 Å². The monoisotopic (exact) mass is 501 g/mol. The minimum atomic E-state index is -3.56. The molecule has 0 spiro atoms. The van der Waals surface area contributed by atoms with E-state index < -0.39 is 10.0 Å². The predicted molar refractivity (Wildman–Crippen MR) is 138 cm³/mol. The molecule has 34 heavy (non-hydrogen) atoms. The number of sulfonamides is 1. The molecule has 1 saturated heterocycles. The van der Waals surface area contributed by atoms with Gasteiger partial charge in [0.15, 0.2) is 5.13 Å². The molecule has 1 fully saturated rings. The highest BCUT2D eigenvalue weighted by atomic mass is 32.2. The van der Waals surface area contributed by atoms with Crippen molar-refractivity contribution in [2.24, 2.45) is 0 Å². The number of carbonyl (C=O) groups excluding carboxylic acids is 1. The van der Waals surface area contributed by atoms with Crippen LogP contribution < -0.4 is 10.2 Å². The quantitative estimate of drug-likeness (QED) is 0.506. The van der Waals surface area contributed by atoms with Crippen LogP contribution in [0.5, 0.6) is 0 Å². The number of aromatic nitrogens is 1. The van der Waals surface area contributed by atoms with E-state index in [2.05, 4.69) is 22.2 Å². The van der Waals surface area contributed by atoms with Gasteiger partial charge in [-0.25, -0.2) is 17.7 Å². The number of anilines is 2. The highest BCUT2D eigenvalue weighted by molar-refractivity contribution is 7.89. The first-order valence-electron chi connectivity index (χ1n) is 11.5. The van der Waals surface area contributed by atoms with E-state index in [1.165, 1.54) is 16.4 Å². The summed E-state index contributed by atoms with van der Waals surface area (Å²) in [5.74, 6) is -0.286. The van der Waals surface area contributed by atoms with Gasteiger partial charge < -0.3 is 15.1 Å². The average molecular weight is 502 g/mol. The molecule has 0 saturated carbocycles. The fraction of sp³-hybridized carbons (Fsp3) is 0.417. The number of likely N-dealkylation sites (N-methyl/N-ethyl adjacent to an activating group) is 1. The molecule has 10 heteroatoms. The van der Waals surface area contributed by atoms with Gasteiger partial charge in [0.1, 0.15) is 0 Å². The van der Waals surface area contributed by atoms with E-state index in [9.17, 15) is 13.2 Å². The van der Waals surface area contributed by atoms with E-state index in [-0.39, 0.29) is 10.8 Å². The van der Waals surface area contributed by atoms with Gasteiger partial charge in [-0.3, -0.25) is 4.79 Å². The van der Waals surface area contributed by atoms with Gasteiger partial charge in [0, 0.05) is 51.0 Å². The zero-order valence-electron chi connectivity index (χ0n) is 19.8. The van der Waals surface area contributed by atoms with Gasteiger partial charge in [-0.05, 0) is 55.9 Å². The first-order chi connectivity index (χ1) is 16.3. The molecule has 8 nitrogen and oxygen atoms in total. The number of piperazine rings is 1. The lowest BCUT2D eigenvalue weighted by molar-refractivity contribution is 0.102. The maximum absolute atomic E-state index is 12.8. The topological polar surface area (TPSA) is 85.8 Å². The molecule has 0 unspecified atom stereocenters. The Morgan fingerprint density at radius 1 is 1.12 bits per heavy atom. The largest absolute Gasteiger partial charge is 0.345 e. The van der Waals surface area contributed by atoms with E-state index in [1.807, 2.05) is 25.1 Å². The molecule has 2 aromatic carbocycles. The molecular weight excluding hydrogens is 470 g/mol. The molecule has 2 heterocycles. The maximum Gasteiger partial charge on any atom is 0.255 e. The van der Waals surface area contributed by atoms with Gasteiger partial charge in [-0.1, -0.05) is 24.7 Å². The number of nitrogens with one attached hydrogen (secondary N) is 1. The SMILES string of the molecule is CCCCN(C)S(=O)(=O)c1ccc(C(=O)Nc2ccc3nc(N4CCN(C)CC4)sc3c2)cc1. The minimum absolute atomic E-state index is 0.185. The molecule has 1 aliphatic heterocycles. The molecule has 182 valence electrons. The third-order valence-electron chi connectivity index (χ3n) is 6.06. The molecule has 0 bridgehead atoms. The fourth-order valence-electron chi connectivity index (χ4n) is 3.79. The van der Waals surface area contributed by atoms with Crippen LogP contribution in [0.4, 0.5) is 10.8 Å². The summed E-state index contributed by atoms with van der Waals surface area (Å²) >= 11 is 1.63. The summed E-state index contributed by atoms with van der Waals surface area (Å²) in [5, 5.41) is 3.92. The fourth-order valence-corrected chi connectivity index (χ4v) is 6.05. The zero-order valence-corrected chi connectivity index (χ0v) is 21.5. The number of unbranched alkanes of at least 4 members (excludes halogenated alkanes) is 1. The number of fused-ring (bicyclic) bond motifs is 1. The molecule has 3 aromatic rings. The van der Waals surface area contributed by atoms with Crippen LogP contribution in [0, 0.1) is 0 Å². The second kappa shape index (κ2) is 10.4. The molecule has 1 N–H and O–H groups in total. The molecular formula is C24H31N5O3S2. The number of hydrogen-bond donors (Lipinski definition) is 1. The summed E-state index contributed by atoms with van der Waals surface area (Å²) in [7, 11) is 0.150. The Bertz CT molecular complexity index is 1250. The molecule has 1 amide bonds. The van der Waals surface area contributed by atoms with Gasteiger partial charge in [-0.15, -0.1) is 0 Å². The molecule has 0 aliphatic carbocycles. The smallest absolute Gasteiger partial charge is 0.255 e. The van der Waals surface area contributed by atoms with Crippen LogP contribution in [0.15, 0.2) is 47.4 Å². The normalized spacial score (nSPS) is 15.2. The number of carbonyl (C=O) groups is 1. The lowest BCUT2D eigenvalue weighted by Gasteiger charge is -2.31. The number of hydrogen-bond acceptors (Lipinski definition) is 7. The van der Waals surface area contributed by atoms with Crippen LogP contribution in [0.25, 0.3) is 10.2 Å². The summed E-state index contributed by atoms with van der Waals surface area (Å²) in [5.41, 5.74) is 2.00. The van der Waals surface area contributed by atoms with Crippen molar-refractivity contribution in [1.29, 1.82) is 0 Å². The molecule has 1 aromatic heterocycles. The van der Waals surface area contributed by atoms with Crippen molar-refractivity contribution < 1.29 is 13.2 Å². The van der Waals surface area contributed by atoms with E-state index >= 15 is 0 Å². The van der Waals surface area contributed by atoms with Crippen molar-refractivity contribution in [3.05, 3.63) is 48.0 Å². The van der Waals surface area contributed by atoms with Gasteiger partial charge in [0.05, 0.1) is 15.1 Å². The summed E-state index contributed by atoms with van der Waals surface area (Å²) in [6.07, 6.45) is 1.72. The second-order valence-corrected chi connectivity index (χ2v) is 11.7. The van der Waals surface area contributed by atoms with Crippen molar-refractivity contribution in [1.82, 2.24) is 14.2 Å². The van der Waals surface area contributed by atoms with Crippen LogP contribution in [0.3, 0.4) is 0 Å². The third-order valence-corrected chi connectivity index (χ3v) is 9.01. The van der Waals surface area contributed by atoms with E-state index in [0.29, 0.717) is 17.8 Å². The highest BCUT2D eigenvalue weighted by Gasteiger charge is 2.21. The Morgan fingerprint density at radius 3 is 2.50 bits per heavy atom. The number of nitrogens with zero attached hydrogens (tertiary/aromatic N) is 4. The minimum Gasteiger partial charge on any atom is -0.345 e. The predicted octanol–water partition coefficient (Wildman–Crippen LogP) is 3.72. The van der Waals surface area contributed by atoms with Crippen LogP contribution in [-0.4, -0.2) is 75.3 Å². The maximum atomic E-state index is 12.8. The Balaban J connectivity index is 1.44. The van der Waals surface area contributed by atoms with Crippen LogP contribution >= 0.6 is 11.3 Å². The van der Waals surface area contributed by atoms with Crippen molar-refractivity contribution in [3.8, 4) is 0 Å². The summed E-state index contributed by atoms with van der Waals surface area (Å²) in [6.45, 7) is 6.45. The second-order valence-electron chi connectivity index (χ2n) is 8.63. The lowest BCUT2D eigenvalue weighted by Crippen LogP contribution is -2.44. The summed E-state index contributed by atoms with van der Waals surface area (Å²) in [6, 6.07) is 11.8. The van der Waals surface area contributed by atoms with Gasteiger partial charge in [0.25, 0.3) is 5.91 Å². The standard InChI is InChI=1S/C24H31N5O3S2/c1-4-5-12-28(3)34(31,32)20-9-6-18(7-10-20)23(30)25-19-8-11-21-22(17-19)33-24(26-21)29-15-13-27(2)14-16-29/h6-11,17H,4-5,12-16H2,1-3H3,(H,25,30). The van der Waals surface area contributed by atoms with Crippen LogP contribution in [0.2, 0.25) is 0 Å². The number of thiazole rings is 1.